The second-order valence-corrected chi connectivity index (χ2v) is 5.86. The lowest BCUT2D eigenvalue weighted by Gasteiger charge is -2.33. The minimum Gasteiger partial charge on any atom is -0.395 e. The number of hydrogen-bond acceptors (Lipinski definition) is 3. The summed E-state index contributed by atoms with van der Waals surface area (Å²) >= 11 is 0. The van der Waals surface area contributed by atoms with Crippen molar-refractivity contribution in [3.63, 3.8) is 0 Å². The second-order valence-electron chi connectivity index (χ2n) is 5.86. The number of nitrogens with one attached hydrogen (secondary N) is 1. The summed E-state index contributed by atoms with van der Waals surface area (Å²) in [5, 5.41) is 13.1. The molecule has 4 unspecified atom stereocenters. The highest BCUT2D eigenvalue weighted by molar-refractivity contribution is 4.82. The Balaban J connectivity index is 1.74. The molecule has 3 nitrogen and oxygen atoms in total. The van der Waals surface area contributed by atoms with Crippen molar-refractivity contribution in [2.75, 3.05) is 19.8 Å². The third-order valence-corrected chi connectivity index (χ3v) is 4.37. The number of hydrogen-bond donors (Lipinski definition) is 2. The van der Waals surface area contributed by atoms with E-state index < -0.39 is 0 Å². The maximum Gasteiger partial charge on any atom is 0.0700 e. The summed E-state index contributed by atoms with van der Waals surface area (Å²) in [5.74, 6) is 1.48. The maximum absolute atomic E-state index is 9.54. The van der Waals surface area contributed by atoms with Crippen LogP contribution in [0.4, 0.5) is 0 Å². The Kier molecular flexibility index (Phi) is 5.26. The molecule has 2 fully saturated rings. The van der Waals surface area contributed by atoms with E-state index in [0.29, 0.717) is 12.0 Å². The van der Waals surface area contributed by atoms with Crippen molar-refractivity contribution in [1.82, 2.24) is 5.32 Å². The van der Waals surface area contributed by atoms with E-state index in [9.17, 15) is 5.11 Å². The number of rotatable bonds is 5. The summed E-state index contributed by atoms with van der Waals surface area (Å²) in [6.07, 6.45) is 7.97. The fraction of sp³-hybridized carbons (Fsp3) is 1.00. The number of ether oxygens (including phenoxy) is 1. The largest absolute Gasteiger partial charge is 0.395 e. The normalized spacial score (nSPS) is 36.0. The van der Waals surface area contributed by atoms with Crippen LogP contribution in [0.15, 0.2) is 0 Å². The van der Waals surface area contributed by atoms with Gasteiger partial charge >= 0.3 is 0 Å². The van der Waals surface area contributed by atoms with E-state index in [1.807, 2.05) is 0 Å². The van der Waals surface area contributed by atoms with Crippen LogP contribution in [-0.4, -0.2) is 37.0 Å². The zero-order valence-corrected chi connectivity index (χ0v) is 11.0. The lowest BCUT2D eigenvalue weighted by molar-refractivity contribution is 0.0921. The van der Waals surface area contributed by atoms with Crippen LogP contribution in [-0.2, 0) is 4.74 Å². The Morgan fingerprint density at radius 1 is 1.29 bits per heavy atom. The average molecular weight is 241 g/mol. The van der Waals surface area contributed by atoms with E-state index in [2.05, 4.69) is 12.2 Å². The van der Waals surface area contributed by atoms with Gasteiger partial charge in [-0.25, -0.2) is 0 Å². The molecule has 1 saturated heterocycles. The molecule has 2 N–H and O–H groups in total. The molecular weight excluding hydrogens is 214 g/mol. The minimum atomic E-state index is 0.268. The summed E-state index contributed by atoms with van der Waals surface area (Å²) in [5.41, 5.74) is 0. The summed E-state index contributed by atoms with van der Waals surface area (Å²) in [7, 11) is 0. The van der Waals surface area contributed by atoms with Gasteiger partial charge in [-0.15, -0.1) is 0 Å². The summed E-state index contributed by atoms with van der Waals surface area (Å²) in [4.78, 5) is 0. The zero-order chi connectivity index (χ0) is 12.1. The van der Waals surface area contributed by atoms with Crippen LogP contribution >= 0.6 is 0 Å². The van der Waals surface area contributed by atoms with Crippen LogP contribution in [0, 0.1) is 11.8 Å². The molecule has 2 aliphatic rings. The van der Waals surface area contributed by atoms with Crippen LogP contribution in [0.5, 0.6) is 0 Å². The smallest absolute Gasteiger partial charge is 0.0700 e. The van der Waals surface area contributed by atoms with Gasteiger partial charge in [0.15, 0.2) is 0 Å². The maximum atomic E-state index is 9.54. The first-order chi connectivity index (χ1) is 8.29. The first-order valence-corrected chi connectivity index (χ1v) is 7.25. The second kappa shape index (κ2) is 6.72. The van der Waals surface area contributed by atoms with Gasteiger partial charge in [0.2, 0.25) is 0 Å². The molecule has 17 heavy (non-hydrogen) atoms. The van der Waals surface area contributed by atoms with Crippen molar-refractivity contribution in [3.8, 4) is 0 Å². The van der Waals surface area contributed by atoms with Gasteiger partial charge in [0.25, 0.3) is 0 Å². The Morgan fingerprint density at radius 2 is 2.18 bits per heavy atom. The van der Waals surface area contributed by atoms with Crippen LogP contribution < -0.4 is 5.32 Å². The van der Waals surface area contributed by atoms with Gasteiger partial charge in [0.05, 0.1) is 12.7 Å². The molecular formula is C14H27NO2. The predicted molar refractivity (Wildman–Crippen MR) is 69.0 cm³/mol. The highest BCUT2D eigenvalue weighted by Crippen LogP contribution is 2.30. The molecule has 0 spiro atoms. The molecule has 3 heteroatoms. The van der Waals surface area contributed by atoms with Gasteiger partial charge < -0.3 is 15.2 Å². The monoisotopic (exact) mass is 241 g/mol. The fourth-order valence-electron chi connectivity index (χ4n) is 3.31. The Morgan fingerprint density at radius 3 is 2.82 bits per heavy atom. The van der Waals surface area contributed by atoms with Gasteiger partial charge in [0.1, 0.15) is 0 Å². The molecule has 0 aromatic heterocycles. The predicted octanol–water partition coefficient (Wildman–Crippen LogP) is 1.94. The Labute approximate surface area is 105 Å². The molecule has 100 valence electrons. The average Bonchev–Trinajstić information content (AvgIpc) is 2.83. The van der Waals surface area contributed by atoms with E-state index in [-0.39, 0.29) is 12.6 Å². The molecule has 0 aromatic carbocycles. The quantitative estimate of drug-likeness (QED) is 0.773. The summed E-state index contributed by atoms with van der Waals surface area (Å²) in [6.45, 7) is 4.43. The molecule has 0 aromatic rings. The lowest BCUT2D eigenvalue weighted by Crippen LogP contribution is -2.44. The van der Waals surface area contributed by atoms with Crippen LogP contribution in [0.25, 0.3) is 0 Å². The lowest BCUT2D eigenvalue weighted by atomic mass is 9.78. The molecule has 0 radical (unpaired) electrons. The summed E-state index contributed by atoms with van der Waals surface area (Å²) in [6, 6.07) is 0.280. The van der Waals surface area contributed by atoms with Crippen LogP contribution in [0.1, 0.15) is 45.4 Å². The van der Waals surface area contributed by atoms with E-state index in [4.69, 9.17) is 4.74 Å². The number of aliphatic hydroxyl groups excluding tert-OH is 1. The third kappa shape index (κ3) is 3.94. The molecule has 1 saturated carbocycles. The zero-order valence-electron chi connectivity index (χ0n) is 11.0. The highest BCUT2D eigenvalue weighted by Gasteiger charge is 2.27. The molecule has 1 aliphatic carbocycles. The van der Waals surface area contributed by atoms with Crippen molar-refractivity contribution in [2.45, 2.75) is 57.6 Å². The summed E-state index contributed by atoms with van der Waals surface area (Å²) < 4.78 is 5.61. The van der Waals surface area contributed by atoms with Gasteiger partial charge in [-0.05, 0) is 37.5 Å². The molecule has 0 bridgehead atoms. The van der Waals surface area contributed by atoms with Crippen molar-refractivity contribution in [2.24, 2.45) is 11.8 Å². The molecule has 1 aliphatic heterocycles. The third-order valence-electron chi connectivity index (χ3n) is 4.37. The molecule has 0 amide bonds. The van der Waals surface area contributed by atoms with Gasteiger partial charge in [-0.3, -0.25) is 0 Å². The first kappa shape index (κ1) is 13.3. The van der Waals surface area contributed by atoms with E-state index in [0.717, 1.165) is 19.1 Å². The van der Waals surface area contributed by atoms with Gasteiger partial charge in [-0.1, -0.05) is 19.8 Å². The Hall–Kier alpha value is -0.120. The van der Waals surface area contributed by atoms with Gasteiger partial charge in [-0.2, -0.15) is 0 Å². The van der Waals surface area contributed by atoms with Crippen molar-refractivity contribution in [3.05, 3.63) is 0 Å². The van der Waals surface area contributed by atoms with Crippen molar-refractivity contribution in [1.29, 1.82) is 0 Å². The van der Waals surface area contributed by atoms with Crippen LogP contribution in [0.3, 0.4) is 0 Å². The first-order valence-electron chi connectivity index (χ1n) is 7.25. The van der Waals surface area contributed by atoms with Crippen molar-refractivity contribution < 1.29 is 9.84 Å². The van der Waals surface area contributed by atoms with Crippen LogP contribution in [0.2, 0.25) is 0 Å². The van der Waals surface area contributed by atoms with Crippen molar-refractivity contribution >= 4 is 0 Å². The highest BCUT2D eigenvalue weighted by atomic mass is 16.5. The topological polar surface area (TPSA) is 41.5 Å². The van der Waals surface area contributed by atoms with E-state index >= 15 is 0 Å². The van der Waals surface area contributed by atoms with Gasteiger partial charge in [0, 0.05) is 19.2 Å². The van der Waals surface area contributed by atoms with E-state index in [1.165, 1.54) is 38.5 Å². The number of aliphatic hydroxyl groups is 1. The fourth-order valence-corrected chi connectivity index (χ4v) is 3.31. The standard InChI is InChI=1S/C14H27NO2/c1-11-4-2-5-12(8-11)14(10-16)15-9-13-6-3-7-17-13/h11-16H,2-10H2,1H3. The SMILES string of the molecule is CC1CCCC(C(CO)NCC2CCCO2)C1. The Bertz CT molecular complexity index is 216. The van der Waals surface area contributed by atoms with E-state index in [1.54, 1.807) is 0 Å². The molecule has 2 rings (SSSR count). The minimum absolute atomic E-state index is 0.268. The molecule has 1 heterocycles. The molecule has 4 atom stereocenters.